The Labute approximate surface area is 358 Å². The summed E-state index contributed by atoms with van der Waals surface area (Å²) in [5.41, 5.74) is -0.0458. The van der Waals surface area contributed by atoms with E-state index in [0.29, 0.717) is 16.1 Å². The molecule has 0 aliphatic heterocycles. The third-order valence-corrected chi connectivity index (χ3v) is 10.2. The molecule has 286 valence electrons. The van der Waals surface area contributed by atoms with E-state index in [0.717, 1.165) is 22.2 Å². The number of aromatic nitrogens is 2. The Morgan fingerprint density at radius 1 is 0.750 bits per heavy atom. The van der Waals surface area contributed by atoms with Crippen LogP contribution in [0.2, 0.25) is 5.02 Å². The predicted octanol–water partition coefficient (Wildman–Crippen LogP) is 2.35. The number of halogens is 1. The number of aryl methyl sites for hydroxylation is 1. The van der Waals surface area contributed by atoms with Gasteiger partial charge in [0.15, 0.2) is 5.69 Å². The third kappa shape index (κ3) is 11.1. The molecule has 21 heteroatoms. The molecule has 0 aliphatic rings. The van der Waals surface area contributed by atoms with Crippen molar-refractivity contribution in [1.82, 2.24) is 14.5 Å². The molecule has 0 radical (unpaired) electrons. The largest absolute Gasteiger partial charge is 3.00 e. The average Bonchev–Trinajstić information content (AvgIpc) is 3.40. The van der Waals surface area contributed by atoms with Crippen molar-refractivity contribution >= 4 is 65.2 Å². The smallest absolute Gasteiger partial charge is 0.871 e. The molecule has 1 aromatic heterocycles. The number of nitrogens with zero attached hydrogens (tertiary/aromatic N) is 5. The molecule has 5 aromatic carbocycles. The molecule has 6 rings (SSSR count). The van der Waals surface area contributed by atoms with Gasteiger partial charge in [-0.2, -0.15) is 15.3 Å². The second kappa shape index (κ2) is 19.2. The van der Waals surface area contributed by atoms with E-state index in [4.69, 9.17) is 16.7 Å². The molecule has 0 aliphatic carbocycles. The number of fused-ring (bicyclic) bond motifs is 1. The summed E-state index contributed by atoms with van der Waals surface area (Å²) in [5, 5.41) is 61.0. The minimum atomic E-state index is -3.92. The summed E-state index contributed by atoms with van der Waals surface area (Å²) < 4.78 is 51.1. The van der Waals surface area contributed by atoms with Crippen LogP contribution in [-0.2, 0) is 36.8 Å². The number of primary sulfonamides is 1. The average molecular weight is 872 g/mol. The van der Waals surface area contributed by atoms with Crippen molar-refractivity contribution in [2.24, 2.45) is 25.6 Å². The van der Waals surface area contributed by atoms with Gasteiger partial charge >= 0.3 is 46.3 Å². The van der Waals surface area contributed by atoms with Gasteiger partial charge in [0.1, 0.15) is 0 Å². The standard InChI is InChI=1S/C19H19N3O4S.C16H14ClN5O4S.Co.Na/c1-12(2)22-27(25,26)14-8-10-17(23)16(11-14)20-21-19-15-6-4-3-5-13(15)7-9-18(19)24;1-9-15(20-19-13-7-10(17)5-6-14(13)23)16(24)22(21-9)11-3-2-4-12(8-11)27(18,25)26;;/h3-12,22-24H,1-2H3;2-8,21,23H,1H3,(H2,18,25,26);;/q;;+3;+1/p-3. The van der Waals surface area contributed by atoms with E-state index < -0.39 is 37.1 Å². The van der Waals surface area contributed by atoms with Crippen LogP contribution in [0.5, 0.6) is 17.2 Å². The van der Waals surface area contributed by atoms with Crippen molar-refractivity contribution in [2.75, 3.05) is 0 Å². The van der Waals surface area contributed by atoms with E-state index in [1.807, 2.05) is 12.1 Å². The molecule has 0 saturated carbocycles. The zero-order valence-corrected chi connectivity index (χ0v) is 35.4. The van der Waals surface area contributed by atoms with Gasteiger partial charge < -0.3 is 15.3 Å². The summed E-state index contributed by atoms with van der Waals surface area (Å²) in [6.45, 7) is 4.97. The molecule has 0 amide bonds. The Kier molecular flexibility index (Phi) is 15.7. The number of hydrogen-bond donors (Lipinski definition) is 3. The van der Waals surface area contributed by atoms with Gasteiger partial charge in [0.25, 0.3) is 5.56 Å². The molecule has 0 saturated heterocycles. The van der Waals surface area contributed by atoms with Crippen molar-refractivity contribution in [3.63, 3.8) is 0 Å². The van der Waals surface area contributed by atoms with Crippen molar-refractivity contribution in [3.8, 4) is 22.9 Å². The zero-order chi connectivity index (χ0) is 39.4. The van der Waals surface area contributed by atoms with Crippen molar-refractivity contribution in [1.29, 1.82) is 0 Å². The van der Waals surface area contributed by atoms with Gasteiger partial charge in [-0.3, -0.25) is 9.89 Å². The van der Waals surface area contributed by atoms with Gasteiger partial charge in [0, 0.05) is 16.5 Å². The summed E-state index contributed by atoms with van der Waals surface area (Å²) in [4.78, 5) is 12.4. The fourth-order valence-electron chi connectivity index (χ4n) is 4.87. The SMILES string of the molecule is CC(C)NS(=O)(=O)c1ccc([O-])c(N=Nc2c([O-])ccc3ccccc23)c1.Cc1[nH]n(-c2cccc(S(N)(=O)=O)c2)c(=O)c1N=Nc1cc(Cl)ccc1[O-].[Co+3].[Na+]. The Balaban J connectivity index is 0.000000290. The second-order valence-electron chi connectivity index (χ2n) is 11.8. The Bertz CT molecular complexity index is 2730. The van der Waals surface area contributed by atoms with E-state index in [1.165, 1.54) is 54.6 Å². The Hall–Kier alpha value is -4.41. The minimum Gasteiger partial charge on any atom is -0.871 e. The molecular formula is C35H30ClCoN8NaO8S2+. The van der Waals surface area contributed by atoms with Gasteiger partial charge in [-0.05, 0) is 68.6 Å². The van der Waals surface area contributed by atoms with Crippen LogP contribution in [0.25, 0.3) is 16.5 Å². The first kappa shape index (κ1) is 46.0. The molecular weight excluding hydrogens is 842 g/mol. The summed E-state index contributed by atoms with van der Waals surface area (Å²) in [6.07, 6.45) is 0. The molecule has 6 aromatic rings. The number of sulfonamides is 2. The fourth-order valence-corrected chi connectivity index (χ4v) is 6.86. The monoisotopic (exact) mass is 871 g/mol. The maximum absolute atomic E-state index is 12.6. The molecule has 4 N–H and O–H groups in total. The maximum atomic E-state index is 12.6. The van der Waals surface area contributed by atoms with Crippen LogP contribution in [0.1, 0.15) is 19.5 Å². The van der Waals surface area contributed by atoms with Crippen LogP contribution in [0, 0.1) is 6.92 Å². The second-order valence-corrected chi connectivity index (χ2v) is 15.5. The number of hydrogen-bond acceptors (Lipinski definition) is 12. The van der Waals surface area contributed by atoms with Gasteiger partial charge in [0.2, 0.25) is 20.0 Å². The van der Waals surface area contributed by atoms with Crippen LogP contribution in [0.4, 0.5) is 22.7 Å². The van der Waals surface area contributed by atoms with Crippen LogP contribution in [0.15, 0.2) is 132 Å². The molecule has 0 bridgehead atoms. The molecule has 0 spiro atoms. The van der Waals surface area contributed by atoms with Crippen molar-refractivity contribution in [3.05, 3.63) is 118 Å². The van der Waals surface area contributed by atoms with E-state index in [2.05, 4.69) is 30.3 Å². The van der Waals surface area contributed by atoms with Gasteiger partial charge in [0.05, 0.1) is 38.2 Å². The van der Waals surface area contributed by atoms with E-state index in [-0.39, 0.29) is 96.4 Å². The first-order valence-electron chi connectivity index (χ1n) is 15.7. The number of azo groups is 2. The van der Waals surface area contributed by atoms with Crippen molar-refractivity contribution in [2.45, 2.75) is 36.6 Å². The summed E-state index contributed by atoms with van der Waals surface area (Å²) >= 11 is 5.83. The van der Waals surface area contributed by atoms with Crippen LogP contribution in [0.3, 0.4) is 0 Å². The molecule has 56 heavy (non-hydrogen) atoms. The van der Waals surface area contributed by atoms with E-state index >= 15 is 0 Å². The minimum absolute atomic E-state index is 0. The molecule has 16 nitrogen and oxygen atoms in total. The summed E-state index contributed by atoms with van der Waals surface area (Å²) in [7, 11) is -7.70. The zero-order valence-electron chi connectivity index (χ0n) is 29.9. The third-order valence-electron chi connectivity index (χ3n) is 7.38. The predicted molar refractivity (Wildman–Crippen MR) is 196 cm³/mol. The summed E-state index contributed by atoms with van der Waals surface area (Å²) in [6, 6.07) is 23.0. The fraction of sp³-hybridized carbons (Fsp3) is 0.114. The van der Waals surface area contributed by atoms with Gasteiger partial charge in [-0.15, -0.1) is 5.11 Å². The van der Waals surface area contributed by atoms with Crippen LogP contribution < -0.4 is 60.3 Å². The molecule has 0 unspecified atom stereocenters. The Morgan fingerprint density at radius 3 is 2.02 bits per heavy atom. The van der Waals surface area contributed by atoms with Crippen LogP contribution in [-0.4, -0.2) is 32.7 Å². The quantitative estimate of drug-likeness (QED) is 0.143. The first-order valence-corrected chi connectivity index (χ1v) is 19.1. The summed E-state index contributed by atoms with van der Waals surface area (Å²) in [5.74, 6) is -1.22. The van der Waals surface area contributed by atoms with Gasteiger partial charge in [-0.25, -0.2) is 31.4 Å². The molecule has 1 heterocycles. The van der Waals surface area contributed by atoms with E-state index in [1.54, 1.807) is 39.0 Å². The first-order chi connectivity index (χ1) is 25.4. The molecule has 0 fully saturated rings. The number of nitrogens with two attached hydrogens (primary N) is 1. The molecule has 0 atom stereocenters. The Morgan fingerprint density at radius 2 is 1.36 bits per heavy atom. The number of nitrogens with one attached hydrogen (secondary N) is 2. The van der Waals surface area contributed by atoms with Crippen LogP contribution >= 0.6 is 11.6 Å². The number of H-pyrrole nitrogens is 1. The maximum Gasteiger partial charge on any atom is 3.00 e. The van der Waals surface area contributed by atoms with Crippen molar-refractivity contribution < 1.29 is 78.5 Å². The van der Waals surface area contributed by atoms with E-state index in [9.17, 15) is 36.9 Å². The normalized spacial score (nSPS) is 11.7. The van der Waals surface area contributed by atoms with Gasteiger partial charge in [-0.1, -0.05) is 83.4 Å². The number of benzene rings is 5. The number of aromatic amines is 1. The topological polar surface area (TPSA) is 263 Å². The number of rotatable bonds is 9.